The Morgan fingerprint density at radius 2 is 0.731 bits per heavy atom. The predicted octanol–water partition coefficient (Wildman–Crippen LogP) is 5.71. The molecule has 0 aromatic rings. The Labute approximate surface area is 710 Å². The van der Waals surface area contributed by atoms with Crippen molar-refractivity contribution in [1.29, 1.82) is 0 Å². The van der Waals surface area contributed by atoms with Crippen LogP contribution in [0, 0.1) is 23.7 Å². The van der Waals surface area contributed by atoms with Crippen molar-refractivity contribution < 1.29 is 107 Å². The van der Waals surface area contributed by atoms with E-state index in [1.807, 2.05) is 0 Å². The van der Waals surface area contributed by atoms with E-state index in [9.17, 15) is 97.5 Å². The summed E-state index contributed by atoms with van der Waals surface area (Å²) in [7, 11) is 0. The summed E-state index contributed by atoms with van der Waals surface area (Å²) >= 11 is 1.12. The number of hydrogen-bond acceptors (Lipinski definition) is 22. The number of thioether (sulfide) groups is 1. The number of unbranched alkanes of at least 4 members (excludes halogenated alkanes) is 24. The third-order valence-corrected chi connectivity index (χ3v) is 21.8. The first-order valence-corrected chi connectivity index (χ1v) is 44.9. The minimum absolute atomic E-state index is 0.0207. The summed E-state index contributed by atoms with van der Waals surface area (Å²) in [6.07, 6.45) is 25.9. The van der Waals surface area contributed by atoms with E-state index in [4.69, 9.17) is 20.9 Å². The van der Waals surface area contributed by atoms with Crippen LogP contribution in [0.15, 0.2) is 0 Å². The van der Waals surface area contributed by atoms with Gasteiger partial charge >= 0.3 is 23.9 Å². The number of nitrogens with one attached hydrogen (secondary N) is 10. The molecule has 0 aliphatic carbocycles. The first-order chi connectivity index (χ1) is 56.4. The van der Waals surface area contributed by atoms with Crippen molar-refractivity contribution in [3.63, 3.8) is 0 Å². The van der Waals surface area contributed by atoms with Gasteiger partial charge in [-0.05, 0) is 69.6 Å². The number of carboxylic acid groups (broad SMARTS) is 2. The maximum absolute atomic E-state index is 14.5. The standard InChI is InChI=1S/C84H152N12O22S/c1-13-17-19-21-23-25-27-29-31-33-35-37-39-41-69(103)117-50-59(118-70(104)42-40-38-36-34-32-30-28-26-24-22-20-18-14-2)51-119-52-60(85)75(106)93-66(49-98)80(111)90-63(47-67(86)100)77(108)89-62(45-53(5)6)78(109)94-72(56(10)16-4)82(113)95-71(55(9)15-3)81(112)87-57(11)74(105)92-65(48-97)79(110)88-61(43-44-68(101)102)76(107)96-73(58(12)99)83(114)91-64(84(115)116)46-54(7)8/h53-66,71-73,97-99H,13-52,85H2,1-12H3,(H2,86,100)(H,87,112)(H,88,110)(H,89,108)(H,90,111)(H,91,114)(H,92,105)(H,93,106)(H,94,109)(H,95,113)(H,96,107)(H,101,102)(H,115,116)/t55-,56-,57-,58+,59?,60+,61-,62-,63-,64-,65-,66-,71-,72-,73-/m0/s1. The van der Waals surface area contributed by atoms with Gasteiger partial charge in [-0.3, -0.25) is 67.1 Å². The van der Waals surface area contributed by atoms with Gasteiger partial charge in [0.15, 0.2) is 0 Å². The molecular formula is C84H152N12O22S. The Kier molecular flexibility index (Phi) is 61.6. The lowest BCUT2D eigenvalue weighted by atomic mass is 9.94. The average molecular weight is 1710 g/mol. The number of carboxylic acids is 2. The van der Waals surface area contributed by atoms with Crippen LogP contribution in [0.5, 0.6) is 0 Å². The summed E-state index contributed by atoms with van der Waals surface area (Å²) in [5.41, 5.74) is 11.9. The van der Waals surface area contributed by atoms with Gasteiger partial charge in [-0.25, -0.2) is 4.79 Å². The lowest BCUT2D eigenvalue weighted by Crippen LogP contribution is -2.62. The van der Waals surface area contributed by atoms with Crippen LogP contribution in [0.25, 0.3) is 0 Å². The van der Waals surface area contributed by atoms with Crippen molar-refractivity contribution in [2.45, 2.75) is 386 Å². The van der Waals surface area contributed by atoms with Gasteiger partial charge in [0, 0.05) is 30.8 Å². The number of aliphatic hydroxyl groups excluding tert-OH is 3. The van der Waals surface area contributed by atoms with E-state index in [2.05, 4.69) is 67.0 Å². The molecule has 34 nitrogen and oxygen atoms in total. The van der Waals surface area contributed by atoms with Crippen LogP contribution in [0.3, 0.4) is 0 Å². The zero-order valence-electron chi connectivity index (χ0n) is 73.3. The van der Waals surface area contributed by atoms with Crippen molar-refractivity contribution in [3.8, 4) is 0 Å². The van der Waals surface area contributed by atoms with Crippen molar-refractivity contribution in [1.82, 2.24) is 53.2 Å². The number of ether oxygens (including phenoxy) is 2. The molecule has 35 heteroatoms. The van der Waals surface area contributed by atoms with E-state index in [-0.39, 0.29) is 68.5 Å². The summed E-state index contributed by atoms with van der Waals surface area (Å²) in [4.78, 5) is 201. The highest BCUT2D eigenvalue weighted by molar-refractivity contribution is 7.99. The Hall–Kier alpha value is -7.76. The van der Waals surface area contributed by atoms with Crippen LogP contribution >= 0.6 is 11.8 Å². The molecule has 0 aromatic heterocycles. The molecule has 0 saturated carbocycles. The molecule has 686 valence electrons. The van der Waals surface area contributed by atoms with E-state index in [0.29, 0.717) is 12.8 Å². The number of amides is 11. The molecule has 0 radical (unpaired) electrons. The van der Waals surface area contributed by atoms with E-state index in [1.54, 1.807) is 55.4 Å². The molecular weight excluding hydrogens is 1560 g/mol. The summed E-state index contributed by atoms with van der Waals surface area (Å²) in [5, 5.41) is 74.1. The highest BCUT2D eigenvalue weighted by Gasteiger charge is 2.39. The molecule has 1 unspecified atom stereocenters. The van der Waals surface area contributed by atoms with Gasteiger partial charge in [0.05, 0.1) is 31.8 Å². The first-order valence-electron chi connectivity index (χ1n) is 43.8. The zero-order chi connectivity index (χ0) is 90.0. The van der Waals surface area contributed by atoms with Crippen LogP contribution in [-0.2, 0) is 81.4 Å². The van der Waals surface area contributed by atoms with Gasteiger partial charge in [0.1, 0.15) is 73.1 Å². The fourth-order valence-corrected chi connectivity index (χ4v) is 13.9. The average Bonchev–Trinajstić information content (AvgIpc) is 0.826. The smallest absolute Gasteiger partial charge is 0.326 e. The van der Waals surface area contributed by atoms with Crippen LogP contribution in [0.2, 0.25) is 0 Å². The summed E-state index contributed by atoms with van der Waals surface area (Å²) < 4.78 is 11.5. The Bertz CT molecular complexity index is 3030. The monoisotopic (exact) mass is 1710 g/mol. The topological polar surface area (TPSA) is 548 Å². The highest BCUT2D eigenvalue weighted by atomic mass is 32.2. The van der Waals surface area contributed by atoms with Crippen molar-refractivity contribution in [3.05, 3.63) is 0 Å². The highest BCUT2D eigenvalue weighted by Crippen LogP contribution is 2.20. The fourth-order valence-electron chi connectivity index (χ4n) is 12.9. The van der Waals surface area contributed by atoms with Gasteiger partial charge in [-0.2, -0.15) is 11.8 Å². The maximum atomic E-state index is 14.5. The number of carbonyl (C=O) groups excluding carboxylic acids is 13. The minimum Gasteiger partial charge on any atom is -0.481 e. The second-order valence-corrected chi connectivity index (χ2v) is 33.6. The summed E-state index contributed by atoms with van der Waals surface area (Å²) in [5.74, 6) is -17.2. The third-order valence-electron chi connectivity index (χ3n) is 20.6. The van der Waals surface area contributed by atoms with Gasteiger partial charge in [0.2, 0.25) is 65.0 Å². The number of aliphatic carboxylic acids is 2. The van der Waals surface area contributed by atoms with Gasteiger partial charge in [0.25, 0.3) is 0 Å². The molecule has 0 rings (SSSR count). The van der Waals surface area contributed by atoms with E-state index in [0.717, 1.165) is 70.1 Å². The Morgan fingerprint density at radius 1 is 0.378 bits per heavy atom. The number of esters is 2. The molecule has 0 aliphatic heterocycles. The van der Waals surface area contributed by atoms with Crippen molar-refractivity contribution in [2.75, 3.05) is 31.3 Å². The Morgan fingerprint density at radius 3 is 1.15 bits per heavy atom. The second-order valence-electron chi connectivity index (χ2n) is 32.6. The van der Waals surface area contributed by atoms with E-state index in [1.165, 1.54) is 110 Å². The molecule has 0 aliphatic rings. The number of carbonyl (C=O) groups is 15. The van der Waals surface area contributed by atoms with Gasteiger partial charge in [-0.1, -0.05) is 236 Å². The van der Waals surface area contributed by atoms with Crippen LogP contribution in [-0.4, -0.2) is 224 Å². The molecule has 15 atom stereocenters. The van der Waals surface area contributed by atoms with E-state index >= 15 is 0 Å². The molecule has 11 amide bonds. The van der Waals surface area contributed by atoms with Crippen molar-refractivity contribution >= 4 is 101 Å². The third kappa shape index (κ3) is 51.6. The summed E-state index contributed by atoms with van der Waals surface area (Å²) in [6, 6.07) is -17.5. The minimum atomic E-state index is -1.86. The molecule has 0 saturated heterocycles. The largest absolute Gasteiger partial charge is 0.481 e. The second kappa shape index (κ2) is 65.9. The number of aliphatic hydroxyl groups is 3. The SMILES string of the molecule is CCCCCCCCCCCCCCCC(=O)OCC(CSC[C@@H](N)C(=O)N[C@@H](CO)C(=O)N[C@@H](CC(N)=O)C(=O)N[C@@H](CC(C)C)C(=O)N[C@H](C(=O)N[C@H](C(=O)N[C@@H](C)C(=O)N[C@@H](CO)C(=O)N[C@@H](CCC(=O)O)C(=O)N[C@H](C(=O)N[C@@H](CC(C)C)C(=O)O)[C@@H](C)O)[C@@H](C)CC)[C@@H](C)CC)OC(=O)CCCCCCCCCCCCCCC. The van der Waals surface area contributed by atoms with Crippen LogP contribution in [0.4, 0.5) is 0 Å². The fraction of sp³-hybridized carbons (Fsp3) is 0.821. The van der Waals surface area contributed by atoms with Crippen LogP contribution < -0.4 is 64.6 Å². The molecule has 0 heterocycles. The number of hydrogen-bond donors (Lipinski definition) is 17. The first kappa shape index (κ1) is 111. The zero-order valence-corrected chi connectivity index (χ0v) is 74.2. The maximum Gasteiger partial charge on any atom is 0.326 e. The van der Waals surface area contributed by atoms with E-state index < -0.39 is 212 Å². The molecule has 0 aromatic carbocycles. The normalized spacial score (nSPS) is 15.2. The van der Waals surface area contributed by atoms with Gasteiger partial charge < -0.3 is 99.6 Å². The van der Waals surface area contributed by atoms with Crippen LogP contribution in [0.1, 0.15) is 308 Å². The molecule has 0 spiro atoms. The quantitative estimate of drug-likeness (QED) is 0.0256. The lowest BCUT2D eigenvalue weighted by Gasteiger charge is -2.31. The Balaban J connectivity index is 6.29. The molecule has 0 bridgehead atoms. The van der Waals surface area contributed by atoms with Gasteiger partial charge in [-0.15, -0.1) is 0 Å². The molecule has 19 N–H and O–H groups in total. The predicted molar refractivity (Wildman–Crippen MR) is 454 cm³/mol. The summed E-state index contributed by atoms with van der Waals surface area (Å²) in [6.45, 7) is 17.9. The molecule has 119 heavy (non-hydrogen) atoms. The molecule has 0 fully saturated rings. The lowest BCUT2D eigenvalue weighted by molar-refractivity contribution is -0.157. The number of rotatable bonds is 72. The number of nitrogens with two attached hydrogens (primary N) is 2. The van der Waals surface area contributed by atoms with Crippen molar-refractivity contribution in [2.24, 2.45) is 35.1 Å². The number of primary amides is 1.